The second-order valence-electron chi connectivity index (χ2n) is 7.51. The lowest BCUT2D eigenvalue weighted by Crippen LogP contribution is -2.10. The predicted octanol–water partition coefficient (Wildman–Crippen LogP) is 5.79. The van der Waals surface area contributed by atoms with Crippen LogP contribution in [0, 0.1) is 0 Å². The zero-order valence-electron chi connectivity index (χ0n) is 16.1. The Morgan fingerprint density at radius 3 is 2.71 bits per heavy atom. The molecule has 0 aliphatic heterocycles. The van der Waals surface area contributed by atoms with E-state index in [1.165, 1.54) is 22.6 Å². The van der Waals surface area contributed by atoms with E-state index >= 15 is 0 Å². The van der Waals surface area contributed by atoms with Gasteiger partial charge in [-0.15, -0.1) is 0 Å². The van der Waals surface area contributed by atoms with Crippen LogP contribution in [-0.2, 0) is 11.2 Å². The Bertz CT molecular complexity index is 1040. The van der Waals surface area contributed by atoms with Crippen molar-refractivity contribution >= 4 is 22.8 Å². The van der Waals surface area contributed by atoms with Crippen molar-refractivity contribution in [2.75, 3.05) is 0 Å². The van der Waals surface area contributed by atoms with Gasteiger partial charge in [-0.25, -0.2) is 4.79 Å². The van der Waals surface area contributed by atoms with Gasteiger partial charge in [0.25, 0.3) is 0 Å². The summed E-state index contributed by atoms with van der Waals surface area (Å²) in [5.41, 5.74) is 2.43. The van der Waals surface area contributed by atoms with Crippen molar-refractivity contribution in [3.63, 3.8) is 0 Å². The van der Waals surface area contributed by atoms with E-state index in [1.54, 1.807) is 0 Å². The summed E-state index contributed by atoms with van der Waals surface area (Å²) in [7, 11) is 0. The summed E-state index contributed by atoms with van der Waals surface area (Å²) in [6, 6.07) is 14.6. The first-order chi connectivity index (χ1) is 13.5. The lowest BCUT2D eigenvalue weighted by molar-refractivity contribution is -0.131. The predicted molar refractivity (Wildman–Crippen MR) is 110 cm³/mol. The average Bonchev–Trinajstić information content (AvgIpc) is 3.10. The Morgan fingerprint density at radius 2 is 1.96 bits per heavy atom. The third kappa shape index (κ3) is 3.55. The molecule has 1 heterocycles. The second-order valence-corrected chi connectivity index (χ2v) is 7.51. The molecule has 28 heavy (non-hydrogen) atoms. The van der Waals surface area contributed by atoms with E-state index in [2.05, 4.69) is 30.3 Å². The van der Waals surface area contributed by atoms with Gasteiger partial charge in [0.2, 0.25) is 0 Å². The summed E-state index contributed by atoms with van der Waals surface area (Å²) in [6.45, 7) is 4.07. The average molecular weight is 376 g/mol. The first-order valence-corrected chi connectivity index (χ1v) is 9.75. The third-order valence-electron chi connectivity index (χ3n) is 5.18. The molecule has 4 heteroatoms. The van der Waals surface area contributed by atoms with Crippen molar-refractivity contribution in [1.29, 1.82) is 0 Å². The smallest absolute Gasteiger partial charge is 0.328 e. The number of furan rings is 1. The molecule has 0 saturated heterocycles. The van der Waals surface area contributed by atoms with Crippen LogP contribution in [0.4, 0.5) is 0 Å². The van der Waals surface area contributed by atoms with E-state index in [0.717, 1.165) is 42.2 Å². The van der Waals surface area contributed by atoms with Crippen LogP contribution in [0.1, 0.15) is 55.3 Å². The molecule has 1 aliphatic carbocycles. The van der Waals surface area contributed by atoms with E-state index in [9.17, 15) is 4.79 Å². The molecule has 0 saturated carbocycles. The molecular formula is C24H24O4. The van der Waals surface area contributed by atoms with Crippen molar-refractivity contribution in [2.45, 2.75) is 45.1 Å². The fourth-order valence-electron chi connectivity index (χ4n) is 4.09. The number of hydrogen-bond acceptors (Lipinski definition) is 3. The molecule has 1 N–H and O–H groups in total. The summed E-state index contributed by atoms with van der Waals surface area (Å²) in [4.78, 5) is 10.8. The minimum atomic E-state index is -0.974. The molecule has 0 amide bonds. The normalized spacial score (nSPS) is 16.6. The summed E-state index contributed by atoms with van der Waals surface area (Å²) in [6.07, 6.45) is 5.74. The minimum Gasteiger partial charge on any atom is -0.490 e. The van der Waals surface area contributed by atoms with E-state index in [0.29, 0.717) is 5.76 Å². The molecule has 1 atom stereocenters. The van der Waals surface area contributed by atoms with Crippen molar-refractivity contribution in [3.05, 3.63) is 71.2 Å². The molecule has 0 spiro atoms. The van der Waals surface area contributed by atoms with Gasteiger partial charge in [-0.3, -0.25) is 0 Å². The lowest BCUT2D eigenvalue weighted by atomic mass is 9.80. The maximum atomic E-state index is 10.8. The maximum Gasteiger partial charge on any atom is 0.328 e. The Balaban J connectivity index is 1.79. The molecule has 144 valence electrons. The number of carbonyl (C=O) groups is 1. The summed E-state index contributed by atoms with van der Waals surface area (Å²) in [5.74, 6) is 1.73. The van der Waals surface area contributed by atoms with Gasteiger partial charge in [0.15, 0.2) is 0 Å². The number of benzene rings is 2. The zero-order chi connectivity index (χ0) is 19.7. The number of fused-ring (bicyclic) bond motifs is 2. The Labute approximate surface area is 164 Å². The molecule has 1 aliphatic rings. The molecule has 0 bridgehead atoms. The SMILES string of the molecule is CC(C)Oc1ccc(C2CCCc3oc(/C=C/C(=O)O)cc32)c2ccccc12. The summed E-state index contributed by atoms with van der Waals surface area (Å²) in [5, 5.41) is 11.2. The Hall–Kier alpha value is -3.01. The highest BCUT2D eigenvalue weighted by molar-refractivity contribution is 5.92. The summed E-state index contributed by atoms with van der Waals surface area (Å²) >= 11 is 0. The molecular weight excluding hydrogens is 352 g/mol. The van der Waals surface area contributed by atoms with Gasteiger partial charge in [0.1, 0.15) is 17.3 Å². The molecule has 1 aromatic heterocycles. The van der Waals surface area contributed by atoms with Gasteiger partial charge < -0.3 is 14.3 Å². The van der Waals surface area contributed by atoms with Gasteiger partial charge in [0, 0.05) is 29.4 Å². The largest absolute Gasteiger partial charge is 0.490 e. The van der Waals surface area contributed by atoms with Crippen molar-refractivity contribution in [2.24, 2.45) is 0 Å². The van der Waals surface area contributed by atoms with Crippen LogP contribution >= 0.6 is 0 Å². The molecule has 3 aromatic rings. The van der Waals surface area contributed by atoms with Gasteiger partial charge >= 0.3 is 5.97 Å². The number of rotatable bonds is 5. The van der Waals surface area contributed by atoms with Crippen molar-refractivity contribution in [1.82, 2.24) is 0 Å². The number of aryl methyl sites for hydroxylation is 1. The zero-order valence-corrected chi connectivity index (χ0v) is 16.1. The summed E-state index contributed by atoms with van der Waals surface area (Å²) < 4.78 is 11.9. The number of carboxylic acid groups (broad SMARTS) is 1. The standard InChI is InChI=1S/C24H24O4/c1-15(2)27-23-12-11-19(17-6-3-4-7-20(17)23)18-8-5-9-22-21(18)14-16(28-22)10-13-24(25)26/h3-4,6-7,10-15,18H,5,8-9H2,1-2H3,(H,25,26)/b13-10+. The molecule has 1 unspecified atom stereocenters. The topological polar surface area (TPSA) is 59.7 Å². The van der Waals surface area contributed by atoms with Crippen LogP contribution in [-0.4, -0.2) is 17.2 Å². The quantitative estimate of drug-likeness (QED) is 0.573. The molecule has 0 radical (unpaired) electrons. The van der Waals surface area contributed by atoms with Gasteiger partial charge in [-0.2, -0.15) is 0 Å². The highest BCUT2D eigenvalue weighted by Gasteiger charge is 2.27. The minimum absolute atomic E-state index is 0.119. The van der Waals surface area contributed by atoms with Crippen LogP contribution in [0.3, 0.4) is 0 Å². The van der Waals surface area contributed by atoms with E-state index in [4.69, 9.17) is 14.3 Å². The van der Waals surface area contributed by atoms with E-state index in [-0.39, 0.29) is 12.0 Å². The van der Waals surface area contributed by atoms with E-state index in [1.807, 2.05) is 26.0 Å². The maximum absolute atomic E-state index is 10.8. The number of aliphatic carboxylic acids is 1. The second kappa shape index (κ2) is 7.55. The van der Waals surface area contributed by atoms with Crippen LogP contribution in [0.2, 0.25) is 0 Å². The highest BCUT2D eigenvalue weighted by atomic mass is 16.5. The number of carboxylic acids is 1. The molecule has 0 fully saturated rings. The Morgan fingerprint density at radius 1 is 1.18 bits per heavy atom. The van der Waals surface area contributed by atoms with Crippen LogP contribution in [0.25, 0.3) is 16.8 Å². The van der Waals surface area contributed by atoms with Gasteiger partial charge in [-0.1, -0.05) is 30.3 Å². The van der Waals surface area contributed by atoms with Gasteiger partial charge in [-0.05, 0) is 55.8 Å². The third-order valence-corrected chi connectivity index (χ3v) is 5.18. The van der Waals surface area contributed by atoms with Gasteiger partial charge in [0.05, 0.1) is 6.10 Å². The van der Waals surface area contributed by atoms with Crippen LogP contribution in [0.5, 0.6) is 5.75 Å². The van der Waals surface area contributed by atoms with Crippen molar-refractivity contribution in [3.8, 4) is 5.75 Å². The van der Waals surface area contributed by atoms with Crippen molar-refractivity contribution < 1.29 is 19.1 Å². The fraction of sp³-hybridized carbons (Fsp3) is 0.292. The Kier molecular flexibility index (Phi) is 4.95. The molecule has 4 nitrogen and oxygen atoms in total. The first-order valence-electron chi connectivity index (χ1n) is 9.75. The first kappa shape index (κ1) is 18.4. The molecule has 4 rings (SSSR count). The lowest BCUT2D eigenvalue weighted by Gasteiger charge is -2.24. The highest BCUT2D eigenvalue weighted by Crippen LogP contribution is 2.42. The molecule has 2 aromatic carbocycles. The van der Waals surface area contributed by atoms with E-state index < -0.39 is 5.97 Å². The van der Waals surface area contributed by atoms with Crippen LogP contribution < -0.4 is 4.74 Å². The monoisotopic (exact) mass is 376 g/mol. The number of ether oxygens (including phenoxy) is 1. The fourth-order valence-corrected chi connectivity index (χ4v) is 4.09. The van der Waals surface area contributed by atoms with Crippen LogP contribution in [0.15, 0.2) is 53.0 Å². The number of hydrogen-bond donors (Lipinski definition) is 1.